The number of nitrogens with one attached hydrogen (secondary N) is 1. The van der Waals surface area contributed by atoms with E-state index < -0.39 is 0 Å². The molecule has 1 aromatic rings. The third-order valence-electron chi connectivity index (χ3n) is 5.89. The quantitative estimate of drug-likeness (QED) is 0.864. The molecule has 3 rings (SSSR count). The smallest absolute Gasteiger partial charge is 0.124 e. The van der Waals surface area contributed by atoms with E-state index >= 15 is 0 Å². The summed E-state index contributed by atoms with van der Waals surface area (Å²) in [5, 5.41) is 13.1. The lowest BCUT2D eigenvalue weighted by Crippen LogP contribution is -2.48. The van der Waals surface area contributed by atoms with Crippen LogP contribution in [0, 0.1) is 5.92 Å². The van der Waals surface area contributed by atoms with E-state index in [1.807, 2.05) is 18.2 Å². The second-order valence-electron chi connectivity index (χ2n) is 7.47. The maximum atomic E-state index is 9.47. The highest BCUT2D eigenvalue weighted by molar-refractivity contribution is 5.51. The van der Waals surface area contributed by atoms with Gasteiger partial charge in [-0.05, 0) is 49.8 Å². The van der Waals surface area contributed by atoms with E-state index in [0.717, 1.165) is 29.0 Å². The van der Waals surface area contributed by atoms with E-state index in [1.165, 1.54) is 51.6 Å². The van der Waals surface area contributed by atoms with Gasteiger partial charge in [-0.2, -0.15) is 0 Å². The van der Waals surface area contributed by atoms with Crippen LogP contribution in [0.3, 0.4) is 0 Å². The van der Waals surface area contributed by atoms with Gasteiger partial charge in [-0.15, -0.1) is 0 Å². The molecule has 0 radical (unpaired) electrons. The summed E-state index contributed by atoms with van der Waals surface area (Å²) in [6, 6.07) is 7.33. The summed E-state index contributed by atoms with van der Waals surface area (Å²) in [7, 11) is 1.64. The molecule has 0 amide bonds. The summed E-state index contributed by atoms with van der Waals surface area (Å²) >= 11 is 0. The van der Waals surface area contributed by atoms with Gasteiger partial charge in [0.2, 0.25) is 0 Å². The number of rotatable bonds is 5. The van der Waals surface area contributed by atoms with Crippen LogP contribution < -0.4 is 10.1 Å². The van der Waals surface area contributed by atoms with Crippen LogP contribution in [0.15, 0.2) is 18.2 Å². The summed E-state index contributed by atoms with van der Waals surface area (Å²) in [5.74, 6) is 1.61. The molecular formula is C20H32N2O2. The van der Waals surface area contributed by atoms with Gasteiger partial charge in [-0.3, -0.25) is 4.90 Å². The van der Waals surface area contributed by atoms with Gasteiger partial charge in [0.15, 0.2) is 0 Å². The van der Waals surface area contributed by atoms with Gasteiger partial charge in [0.25, 0.3) is 0 Å². The van der Waals surface area contributed by atoms with Crippen molar-refractivity contribution in [1.82, 2.24) is 4.90 Å². The first-order valence-electron chi connectivity index (χ1n) is 9.49. The van der Waals surface area contributed by atoms with Crippen molar-refractivity contribution in [1.29, 1.82) is 0 Å². The number of piperidine rings is 1. The number of aliphatic hydroxyl groups is 1. The molecule has 4 nitrogen and oxygen atoms in total. The normalized spacial score (nSPS) is 26.3. The fourth-order valence-corrected chi connectivity index (χ4v) is 4.44. The minimum Gasteiger partial charge on any atom is -0.496 e. The average Bonchev–Trinajstić information content (AvgIpc) is 2.63. The molecule has 2 fully saturated rings. The molecule has 1 heterocycles. The Hall–Kier alpha value is -1.26. The molecule has 0 bridgehead atoms. The molecule has 1 aromatic carbocycles. The van der Waals surface area contributed by atoms with Gasteiger partial charge in [0, 0.05) is 36.4 Å². The maximum Gasteiger partial charge on any atom is 0.124 e. The number of ether oxygens (including phenoxy) is 1. The Balaban J connectivity index is 1.53. The second-order valence-corrected chi connectivity index (χ2v) is 7.47. The van der Waals surface area contributed by atoms with Crippen LogP contribution in [0.5, 0.6) is 5.75 Å². The predicted molar refractivity (Wildman–Crippen MR) is 98.6 cm³/mol. The molecule has 1 aliphatic heterocycles. The molecule has 2 N–H and O–H groups in total. The largest absolute Gasteiger partial charge is 0.496 e. The molecule has 2 aliphatic rings. The van der Waals surface area contributed by atoms with E-state index in [-0.39, 0.29) is 6.61 Å². The van der Waals surface area contributed by atoms with Crippen LogP contribution in [0.25, 0.3) is 0 Å². The van der Waals surface area contributed by atoms with Gasteiger partial charge in [0.05, 0.1) is 13.7 Å². The zero-order valence-corrected chi connectivity index (χ0v) is 15.1. The SMILES string of the molecule is COc1ccc(NC2CCN(C3CCCCC3C)CC2)cc1CO. The summed E-state index contributed by atoms with van der Waals surface area (Å²) in [4.78, 5) is 2.73. The maximum absolute atomic E-state index is 9.47. The van der Waals surface area contributed by atoms with Gasteiger partial charge in [-0.25, -0.2) is 0 Å². The van der Waals surface area contributed by atoms with Gasteiger partial charge < -0.3 is 15.2 Å². The van der Waals surface area contributed by atoms with Crippen molar-refractivity contribution >= 4 is 5.69 Å². The number of anilines is 1. The number of benzene rings is 1. The van der Waals surface area contributed by atoms with E-state index in [4.69, 9.17) is 4.74 Å². The number of methoxy groups -OCH3 is 1. The van der Waals surface area contributed by atoms with E-state index in [1.54, 1.807) is 7.11 Å². The zero-order chi connectivity index (χ0) is 16.9. The molecule has 134 valence electrons. The lowest BCUT2D eigenvalue weighted by atomic mass is 9.84. The predicted octanol–water partition coefficient (Wildman–Crippen LogP) is 3.64. The van der Waals surface area contributed by atoms with Crippen LogP contribution in [-0.2, 0) is 6.61 Å². The molecular weight excluding hydrogens is 300 g/mol. The number of likely N-dealkylation sites (tertiary alicyclic amines) is 1. The van der Waals surface area contributed by atoms with Gasteiger partial charge in [-0.1, -0.05) is 19.8 Å². The summed E-state index contributed by atoms with van der Waals surface area (Å²) < 4.78 is 5.28. The Morgan fingerprint density at radius 2 is 1.92 bits per heavy atom. The number of hydrogen-bond donors (Lipinski definition) is 2. The number of aliphatic hydroxyl groups excluding tert-OH is 1. The van der Waals surface area contributed by atoms with Crippen molar-refractivity contribution in [3.05, 3.63) is 23.8 Å². The Morgan fingerprint density at radius 1 is 1.17 bits per heavy atom. The minimum absolute atomic E-state index is 0.0106. The molecule has 1 aliphatic carbocycles. The van der Waals surface area contributed by atoms with Gasteiger partial charge in [0.1, 0.15) is 5.75 Å². The van der Waals surface area contributed by atoms with Crippen LogP contribution in [0.4, 0.5) is 5.69 Å². The lowest BCUT2D eigenvalue weighted by Gasteiger charge is -2.42. The summed E-state index contributed by atoms with van der Waals surface area (Å²) in [6.45, 7) is 4.85. The Labute approximate surface area is 146 Å². The molecule has 1 saturated heterocycles. The summed E-state index contributed by atoms with van der Waals surface area (Å²) in [6.07, 6.45) is 8.01. The number of hydrogen-bond acceptors (Lipinski definition) is 4. The van der Waals surface area contributed by atoms with Crippen molar-refractivity contribution in [2.45, 2.75) is 64.1 Å². The van der Waals surface area contributed by atoms with Crippen LogP contribution in [-0.4, -0.2) is 42.3 Å². The molecule has 24 heavy (non-hydrogen) atoms. The summed E-state index contributed by atoms with van der Waals surface area (Å²) in [5.41, 5.74) is 1.93. The van der Waals surface area contributed by atoms with Crippen LogP contribution in [0.2, 0.25) is 0 Å². The van der Waals surface area contributed by atoms with Crippen molar-refractivity contribution in [2.24, 2.45) is 5.92 Å². The highest BCUT2D eigenvalue weighted by atomic mass is 16.5. The molecule has 2 unspecified atom stereocenters. The molecule has 0 aromatic heterocycles. The zero-order valence-electron chi connectivity index (χ0n) is 15.1. The molecule has 4 heteroatoms. The first-order chi connectivity index (χ1) is 11.7. The van der Waals surface area contributed by atoms with E-state index in [9.17, 15) is 5.11 Å². The fourth-order valence-electron chi connectivity index (χ4n) is 4.44. The minimum atomic E-state index is 0.0106. The molecule has 1 saturated carbocycles. The van der Waals surface area contributed by atoms with E-state index in [2.05, 4.69) is 17.1 Å². The lowest BCUT2D eigenvalue weighted by molar-refractivity contribution is 0.0887. The molecule has 2 atom stereocenters. The Morgan fingerprint density at radius 3 is 2.58 bits per heavy atom. The van der Waals surface area contributed by atoms with Crippen molar-refractivity contribution in [3.63, 3.8) is 0 Å². The highest BCUT2D eigenvalue weighted by Crippen LogP contribution is 2.31. The van der Waals surface area contributed by atoms with Crippen LogP contribution in [0.1, 0.15) is 51.0 Å². The molecule has 0 spiro atoms. The van der Waals surface area contributed by atoms with E-state index in [0.29, 0.717) is 6.04 Å². The topological polar surface area (TPSA) is 44.7 Å². The Bertz CT molecular complexity index is 526. The third kappa shape index (κ3) is 4.04. The first-order valence-corrected chi connectivity index (χ1v) is 9.49. The van der Waals surface area contributed by atoms with Crippen molar-refractivity contribution in [2.75, 3.05) is 25.5 Å². The standard InChI is InChI=1S/C20H32N2O2/c1-15-5-3-4-6-19(15)22-11-9-17(10-12-22)21-18-7-8-20(24-2)16(13-18)14-23/h7-8,13,15,17,19,21,23H,3-6,9-12,14H2,1-2H3. The highest BCUT2D eigenvalue weighted by Gasteiger charge is 2.30. The fraction of sp³-hybridized carbons (Fsp3) is 0.700. The van der Waals surface area contributed by atoms with Crippen molar-refractivity contribution < 1.29 is 9.84 Å². The second kappa shape index (κ2) is 8.21. The monoisotopic (exact) mass is 332 g/mol. The third-order valence-corrected chi connectivity index (χ3v) is 5.89. The Kier molecular flexibility index (Phi) is 6.01. The van der Waals surface area contributed by atoms with Gasteiger partial charge >= 0.3 is 0 Å². The number of nitrogens with zero attached hydrogens (tertiary/aromatic N) is 1. The first kappa shape index (κ1) is 17.6. The van der Waals surface area contributed by atoms with Crippen molar-refractivity contribution in [3.8, 4) is 5.75 Å². The average molecular weight is 332 g/mol. The van der Waals surface area contributed by atoms with Crippen LogP contribution >= 0.6 is 0 Å².